The highest BCUT2D eigenvalue weighted by atomic mass is 19.3. The fourth-order valence-electron chi connectivity index (χ4n) is 2.99. The van der Waals surface area contributed by atoms with Gasteiger partial charge in [0.2, 0.25) is 6.10 Å². The SMILES string of the molecule is O=C(N/N=C\c1c(OC(F)F)ccc2ccccc12)[C@@H]1COc2ccccc2O1. The first-order valence-corrected chi connectivity index (χ1v) is 8.80. The molecule has 1 amide bonds. The van der Waals surface area contributed by atoms with Gasteiger partial charge in [-0.05, 0) is 29.0 Å². The zero-order valence-electron chi connectivity index (χ0n) is 15.0. The summed E-state index contributed by atoms with van der Waals surface area (Å²) in [6.45, 7) is -2.95. The highest BCUT2D eigenvalue weighted by Crippen LogP contribution is 2.31. The van der Waals surface area contributed by atoms with Crippen molar-refractivity contribution in [2.45, 2.75) is 12.7 Å². The second-order valence-corrected chi connectivity index (χ2v) is 6.18. The molecule has 1 heterocycles. The molecule has 3 aromatic carbocycles. The maximum Gasteiger partial charge on any atom is 0.387 e. The van der Waals surface area contributed by atoms with E-state index in [1.165, 1.54) is 12.3 Å². The maximum absolute atomic E-state index is 12.7. The number of fused-ring (bicyclic) bond motifs is 2. The Balaban J connectivity index is 1.52. The molecule has 148 valence electrons. The van der Waals surface area contributed by atoms with Crippen molar-refractivity contribution in [2.75, 3.05) is 6.61 Å². The molecule has 6 nitrogen and oxygen atoms in total. The Labute approximate surface area is 164 Å². The van der Waals surface area contributed by atoms with Gasteiger partial charge in [-0.25, -0.2) is 5.43 Å². The topological polar surface area (TPSA) is 69.2 Å². The molecule has 0 fully saturated rings. The molecule has 0 saturated heterocycles. The summed E-state index contributed by atoms with van der Waals surface area (Å²) in [5, 5.41) is 5.39. The molecule has 1 atom stereocenters. The summed E-state index contributed by atoms with van der Waals surface area (Å²) in [6.07, 6.45) is 0.390. The summed E-state index contributed by atoms with van der Waals surface area (Å²) < 4.78 is 41.2. The zero-order valence-corrected chi connectivity index (χ0v) is 15.0. The van der Waals surface area contributed by atoms with E-state index in [4.69, 9.17) is 9.47 Å². The van der Waals surface area contributed by atoms with E-state index in [1.54, 1.807) is 42.5 Å². The highest BCUT2D eigenvalue weighted by Gasteiger charge is 2.27. The van der Waals surface area contributed by atoms with Crippen LogP contribution in [-0.2, 0) is 4.79 Å². The lowest BCUT2D eigenvalue weighted by Crippen LogP contribution is -2.42. The Morgan fingerprint density at radius 3 is 2.69 bits per heavy atom. The number of carbonyl (C=O) groups excluding carboxylic acids is 1. The third kappa shape index (κ3) is 4.11. The summed E-state index contributed by atoms with van der Waals surface area (Å²) in [5.74, 6) is 0.462. The molecule has 0 aromatic heterocycles. The summed E-state index contributed by atoms with van der Waals surface area (Å²) in [4.78, 5) is 12.3. The van der Waals surface area contributed by atoms with Crippen LogP contribution in [0.2, 0.25) is 0 Å². The number of hydrazone groups is 1. The normalized spacial score (nSPS) is 15.6. The molecule has 3 aromatic rings. The Bertz CT molecular complexity index is 1070. The lowest BCUT2D eigenvalue weighted by Gasteiger charge is -2.24. The van der Waals surface area contributed by atoms with Crippen LogP contribution in [0.15, 0.2) is 65.8 Å². The fourth-order valence-corrected chi connectivity index (χ4v) is 2.99. The van der Waals surface area contributed by atoms with E-state index in [0.29, 0.717) is 22.4 Å². The first kappa shape index (κ1) is 18.7. The monoisotopic (exact) mass is 398 g/mol. The molecule has 29 heavy (non-hydrogen) atoms. The van der Waals surface area contributed by atoms with Gasteiger partial charge < -0.3 is 14.2 Å². The minimum absolute atomic E-state index is 0.0341. The van der Waals surface area contributed by atoms with Crippen LogP contribution < -0.4 is 19.6 Å². The van der Waals surface area contributed by atoms with Crippen LogP contribution in [0.3, 0.4) is 0 Å². The summed E-state index contributed by atoms with van der Waals surface area (Å²) >= 11 is 0. The molecule has 0 unspecified atom stereocenters. The number of carbonyl (C=O) groups is 1. The molecule has 0 aliphatic carbocycles. The summed E-state index contributed by atoms with van der Waals surface area (Å²) in [7, 11) is 0. The van der Waals surface area contributed by atoms with E-state index < -0.39 is 18.6 Å². The molecule has 1 N–H and O–H groups in total. The lowest BCUT2D eigenvalue weighted by atomic mass is 10.0. The number of halogens is 2. The van der Waals surface area contributed by atoms with Crippen molar-refractivity contribution in [3.63, 3.8) is 0 Å². The molecule has 0 saturated carbocycles. The second kappa shape index (κ2) is 8.14. The first-order valence-electron chi connectivity index (χ1n) is 8.80. The fraction of sp³-hybridized carbons (Fsp3) is 0.143. The highest BCUT2D eigenvalue weighted by molar-refractivity contribution is 6.02. The van der Waals surface area contributed by atoms with Gasteiger partial charge in [0, 0.05) is 5.56 Å². The van der Waals surface area contributed by atoms with E-state index in [0.717, 1.165) is 5.39 Å². The molecule has 8 heteroatoms. The minimum atomic E-state index is -2.98. The second-order valence-electron chi connectivity index (χ2n) is 6.18. The maximum atomic E-state index is 12.7. The van der Waals surface area contributed by atoms with E-state index >= 15 is 0 Å². The van der Waals surface area contributed by atoms with Gasteiger partial charge >= 0.3 is 6.61 Å². The van der Waals surface area contributed by atoms with Gasteiger partial charge in [0.05, 0.1) is 6.21 Å². The summed E-state index contributed by atoms with van der Waals surface area (Å²) in [5.41, 5.74) is 2.69. The van der Waals surface area contributed by atoms with Crippen LogP contribution in [0.25, 0.3) is 10.8 Å². The molecule has 0 spiro atoms. The first-order chi connectivity index (χ1) is 14.1. The molecule has 0 bridgehead atoms. The molecular weight excluding hydrogens is 382 g/mol. The Morgan fingerprint density at radius 1 is 1.10 bits per heavy atom. The number of benzene rings is 3. The number of nitrogens with zero attached hydrogens (tertiary/aromatic N) is 1. The van der Waals surface area contributed by atoms with Crippen LogP contribution in [-0.4, -0.2) is 31.4 Å². The number of ether oxygens (including phenoxy) is 3. The quantitative estimate of drug-likeness (QED) is 0.525. The molecular formula is C21H16F2N2O4. The van der Waals surface area contributed by atoms with Gasteiger partial charge in [-0.15, -0.1) is 0 Å². The van der Waals surface area contributed by atoms with Crippen molar-refractivity contribution in [2.24, 2.45) is 5.10 Å². The van der Waals surface area contributed by atoms with Crippen molar-refractivity contribution in [1.29, 1.82) is 0 Å². The standard InChI is InChI=1S/C21H16F2N2O4/c22-21(23)29-16-10-9-13-5-1-2-6-14(13)15(16)11-24-25-20(26)19-12-27-17-7-3-4-8-18(17)28-19/h1-11,19,21H,12H2,(H,25,26)/b24-11-/t19-/m0/s1. The molecule has 4 rings (SSSR count). The average Bonchev–Trinajstić information content (AvgIpc) is 2.74. The van der Waals surface area contributed by atoms with Crippen LogP contribution in [0.1, 0.15) is 5.56 Å². The number of hydrogen-bond acceptors (Lipinski definition) is 5. The average molecular weight is 398 g/mol. The number of nitrogens with one attached hydrogen (secondary N) is 1. The Kier molecular flexibility index (Phi) is 5.24. The predicted octanol–water partition coefficient (Wildman–Crippen LogP) is 3.73. The van der Waals surface area contributed by atoms with Crippen molar-refractivity contribution in [1.82, 2.24) is 5.43 Å². The molecule has 1 aliphatic heterocycles. The summed E-state index contributed by atoms with van der Waals surface area (Å²) in [6, 6.07) is 17.3. The number of hydrogen-bond donors (Lipinski definition) is 1. The van der Waals surface area contributed by atoms with Crippen molar-refractivity contribution < 1.29 is 27.8 Å². The number of alkyl halides is 2. The van der Waals surface area contributed by atoms with E-state index in [2.05, 4.69) is 15.3 Å². The molecule has 0 radical (unpaired) electrons. The smallest absolute Gasteiger partial charge is 0.387 e. The van der Waals surface area contributed by atoms with Crippen molar-refractivity contribution in [3.8, 4) is 17.2 Å². The van der Waals surface area contributed by atoms with Crippen LogP contribution in [0, 0.1) is 0 Å². The third-order valence-electron chi connectivity index (χ3n) is 4.32. The van der Waals surface area contributed by atoms with Crippen molar-refractivity contribution >= 4 is 22.9 Å². The van der Waals surface area contributed by atoms with Crippen LogP contribution in [0.4, 0.5) is 8.78 Å². The van der Waals surface area contributed by atoms with Gasteiger partial charge in [-0.3, -0.25) is 4.79 Å². The van der Waals surface area contributed by atoms with Gasteiger partial charge in [0.25, 0.3) is 5.91 Å². The largest absolute Gasteiger partial charge is 0.485 e. The number of rotatable bonds is 5. The van der Waals surface area contributed by atoms with E-state index in [9.17, 15) is 13.6 Å². The van der Waals surface area contributed by atoms with E-state index in [1.807, 2.05) is 12.1 Å². The number of para-hydroxylation sites is 2. The van der Waals surface area contributed by atoms with E-state index in [-0.39, 0.29) is 12.4 Å². The number of amides is 1. The van der Waals surface area contributed by atoms with Gasteiger partial charge in [0.1, 0.15) is 12.4 Å². The Hall–Kier alpha value is -3.68. The predicted molar refractivity (Wildman–Crippen MR) is 103 cm³/mol. The minimum Gasteiger partial charge on any atom is -0.485 e. The third-order valence-corrected chi connectivity index (χ3v) is 4.32. The van der Waals surface area contributed by atoms with Crippen molar-refractivity contribution in [3.05, 3.63) is 66.2 Å². The Morgan fingerprint density at radius 2 is 1.86 bits per heavy atom. The zero-order chi connectivity index (χ0) is 20.2. The lowest BCUT2D eigenvalue weighted by molar-refractivity contribution is -0.130. The van der Waals surface area contributed by atoms with Gasteiger partial charge in [-0.1, -0.05) is 42.5 Å². The van der Waals surface area contributed by atoms with Gasteiger partial charge in [0.15, 0.2) is 11.5 Å². The van der Waals surface area contributed by atoms with Gasteiger partial charge in [-0.2, -0.15) is 13.9 Å². The van der Waals surface area contributed by atoms with Crippen LogP contribution >= 0.6 is 0 Å². The molecule has 1 aliphatic rings. The van der Waals surface area contributed by atoms with Crippen LogP contribution in [0.5, 0.6) is 17.2 Å².